The second kappa shape index (κ2) is 6.84. The number of rotatable bonds is 5. The molecule has 0 atom stereocenters. The molecule has 0 aliphatic rings. The quantitative estimate of drug-likeness (QED) is 0.790. The van der Waals surface area contributed by atoms with Gasteiger partial charge in [-0.15, -0.1) is 0 Å². The number of carbonyl (C=O) groups excluding carboxylic acids is 1. The fourth-order valence-corrected chi connectivity index (χ4v) is 1.80. The van der Waals surface area contributed by atoms with Crippen molar-refractivity contribution in [3.8, 4) is 0 Å². The first-order valence-corrected chi connectivity index (χ1v) is 6.36. The SMILES string of the molecule is C=C(C)CN(CC)C(=O)Nc1ccccc1CC. The standard InChI is InChI=1S/C15H22N2O/c1-5-13-9-7-8-10-14(13)16-15(18)17(6-2)11-12(3)4/h7-10H,3,5-6,11H2,1-2,4H3,(H,16,18). The maximum Gasteiger partial charge on any atom is 0.322 e. The van der Waals surface area contributed by atoms with Crippen LogP contribution in [0.4, 0.5) is 10.5 Å². The highest BCUT2D eigenvalue weighted by Gasteiger charge is 2.12. The molecule has 3 nitrogen and oxygen atoms in total. The van der Waals surface area contributed by atoms with E-state index in [1.165, 1.54) is 0 Å². The number of nitrogens with one attached hydrogen (secondary N) is 1. The van der Waals surface area contributed by atoms with Gasteiger partial charge >= 0.3 is 6.03 Å². The van der Waals surface area contributed by atoms with Crippen molar-refractivity contribution in [2.45, 2.75) is 27.2 Å². The zero-order chi connectivity index (χ0) is 13.5. The van der Waals surface area contributed by atoms with Crippen LogP contribution in [0.15, 0.2) is 36.4 Å². The summed E-state index contributed by atoms with van der Waals surface area (Å²) in [7, 11) is 0. The zero-order valence-electron chi connectivity index (χ0n) is 11.5. The number of hydrogen-bond acceptors (Lipinski definition) is 1. The molecule has 1 aromatic rings. The average Bonchev–Trinajstić information content (AvgIpc) is 2.36. The highest BCUT2D eigenvalue weighted by Crippen LogP contribution is 2.16. The minimum atomic E-state index is -0.0681. The Balaban J connectivity index is 2.76. The number of hydrogen-bond donors (Lipinski definition) is 1. The van der Waals surface area contributed by atoms with E-state index in [4.69, 9.17) is 0 Å². The van der Waals surface area contributed by atoms with Crippen molar-refractivity contribution in [1.29, 1.82) is 0 Å². The van der Waals surface area contributed by atoms with Crippen LogP contribution in [-0.2, 0) is 6.42 Å². The Morgan fingerprint density at radius 3 is 2.56 bits per heavy atom. The predicted octanol–water partition coefficient (Wildman–Crippen LogP) is 3.68. The predicted molar refractivity (Wildman–Crippen MR) is 76.9 cm³/mol. The zero-order valence-corrected chi connectivity index (χ0v) is 11.5. The Kier molecular flexibility index (Phi) is 5.43. The van der Waals surface area contributed by atoms with Crippen molar-refractivity contribution in [3.05, 3.63) is 42.0 Å². The lowest BCUT2D eigenvalue weighted by Crippen LogP contribution is -2.36. The van der Waals surface area contributed by atoms with Crippen molar-refractivity contribution in [1.82, 2.24) is 4.90 Å². The lowest BCUT2D eigenvalue weighted by molar-refractivity contribution is 0.218. The Hall–Kier alpha value is -1.77. The van der Waals surface area contributed by atoms with Crippen LogP contribution in [0.1, 0.15) is 26.3 Å². The molecule has 3 heteroatoms. The molecule has 0 fully saturated rings. The summed E-state index contributed by atoms with van der Waals surface area (Å²) in [6.45, 7) is 11.1. The molecule has 0 aromatic heterocycles. The maximum atomic E-state index is 12.1. The molecule has 0 heterocycles. The van der Waals surface area contributed by atoms with E-state index in [-0.39, 0.29) is 6.03 Å². The molecular weight excluding hydrogens is 224 g/mol. The molecule has 0 bridgehead atoms. The third kappa shape index (κ3) is 3.91. The van der Waals surface area contributed by atoms with Gasteiger partial charge in [-0.05, 0) is 31.9 Å². The van der Waals surface area contributed by atoms with E-state index < -0.39 is 0 Å². The smallest absolute Gasteiger partial charge is 0.321 e. The van der Waals surface area contributed by atoms with Gasteiger partial charge in [0.2, 0.25) is 0 Å². The van der Waals surface area contributed by atoms with E-state index in [1.54, 1.807) is 4.90 Å². The molecule has 1 rings (SSSR count). The molecule has 98 valence electrons. The lowest BCUT2D eigenvalue weighted by Gasteiger charge is -2.22. The number of aryl methyl sites for hydroxylation is 1. The largest absolute Gasteiger partial charge is 0.322 e. The second-order valence-electron chi connectivity index (χ2n) is 4.41. The fourth-order valence-electron chi connectivity index (χ4n) is 1.80. The van der Waals surface area contributed by atoms with Gasteiger partial charge in [0, 0.05) is 18.8 Å². The van der Waals surface area contributed by atoms with Crippen LogP contribution in [0, 0.1) is 0 Å². The van der Waals surface area contributed by atoms with E-state index in [0.29, 0.717) is 13.1 Å². The van der Waals surface area contributed by atoms with Crippen LogP contribution in [0.3, 0.4) is 0 Å². The maximum absolute atomic E-state index is 12.1. The Morgan fingerprint density at radius 2 is 2.00 bits per heavy atom. The topological polar surface area (TPSA) is 32.3 Å². The Morgan fingerprint density at radius 1 is 1.33 bits per heavy atom. The van der Waals surface area contributed by atoms with Gasteiger partial charge in [-0.1, -0.05) is 37.3 Å². The number of anilines is 1. The Bertz CT molecular complexity index is 426. The number of likely N-dealkylation sites (N-methyl/N-ethyl adjacent to an activating group) is 1. The van der Waals surface area contributed by atoms with Gasteiger partial charge < -0.3 is 10.2 Å². The first-order valence-electron chi connectivity index (χ1n) is 6.36. The molecule has 18 heavy (non-hydrogen) atoms. The monoisotopic (exact) mass is 246 g/mol. The molecule has 0 saturated carbocycles. The van der Waals surface area contributed by atoms with Crippen LogP contribution in [-0.4, -0.2) is 24.0 Å². The van der Waals surface area contributed by atoms with Gasteiger partial charge in [0.15, 0.2) is 0 Å². The molecule has 0 radical (unpaired) electrons. The number of amides is 2. The number of carbonyl (C=O) groups is 1. The minimum absolute atomic E-state index is 0.0681. The van der Waals surface area contributed by atoms with Gasteiger partial charge in [-0.3, -0.25) is 0 Å². The Labute approximate surface area is 109 Å². The van der Waals surface area contributed by atoms with E-state index in [9.17, 15) is 4.79 Å². The third-order valence-corrected chi connectivity index (χ3v) is 2.77. The van der Waals surface area contributed by atoms with Gasteiger partial charge in [0.1, 0.15) is 0 Å². The highest BCUT2D eigenvalue weighted by molar-refractivity contribution is 5.90. The van der Waals surface area contributed by atoms with E-state index in [0.717, 1.165) is 23.2 Å². The molecule has 0 spiro atoms. The number of urea groups is 1. The average molecular weight is 246 g/mol. The summed E-state index contributed by atoms with van der Waals surface area (Å²) in [6.07, 6.45) is 0.906. The van der Waals surface area contributed by atoms with Crippen LogP contribution in [0.25, 0.3) is 0 Å². The molecule has 0 unspecified atom stereocenters. The second-order valence-corrected chi connectivity index (χ2v) is 4.41. The fraction of sp³-hybridized carbons (Fsp3) is 0.400. The number of para-hydroxylation sites is 1. The van der Waals surface area contributed by atoms with Gasteiger partial charge in [0.05, 0.1) is 0 Å². The normalized spacial score (nSPS) is 9.94. The lowest BCUT2D eigenvalue weighted by atomic mass is 10.1. The molecule has 1 N–H and O–H groups in total. The molecular formula is C15H22N2O. The molecule has 2 amide bonds. The van der Waals surface area contributed by atoms with E-state index in [2.05, 4.69) is 18.8 Å². The van der Waals surface area contributed by atoms with Crippen LogP contribution >= 0.6 is 0 Å². The van der Waals surface area contributed by atoms with Gasteiger partial charge in [0.25, 0.3) is 0 Å². The summed E-state index contributed by atoms with van der Waals surface area (Å²) >= 11 is 0. The minimum Gasteiger partial charge on any atom is -0.321 e. The summed E-state index contributed by atoms with van der Waals surface area (Å²) < 4.78 is 0. The summed E-state index contributed by atoms with van der Waals surface area (Å²) in [6, 6.07) is 7.82. The van der Waals surface area contributed by atoms with Crippen LogP contribution in [0.5, 0.6) is 0 Å². The van der Waals surface area contributed by atoms with E-state index in [1.807, 2.05) is 38.1 Å². The highest BCUT2D eigenvalue weighted by atomic mass is 16.2. The summed E-state index contributed by atoms with van der Waals surface area (Å²) in [4.78, 5) is 13.9. The molecule has 1 aromatic carbocycles. The van der Waals surface area contributed by atoms with Crippen LogP contribution in [0.2, 0.25) is 0 Å². The number of nitrogens with zero attached hydrogens (tertiary/aromatic N) is 1. The summed E-state index contributed by atoms with van der Waals surface area (Å²) in [5.74, 6) is 0. The van der Waals surface area contributed by atoms with Crippen molar-refractivity contribution in [3.63, 3.8) is 0 Å². The third-order valence-electron chi connectivity index (χ3n) is 2.77. The summed E-state index contributed by atoms with van der Waals surface area (Å²) in [5, 5.41) is 2.96. The van der Waals surface area contributed by atoms with Crippen LogP contribution < -0.4 is 5.32 Å². The van der Waals surface area contributed by atoms with E-state index >= 15 is 0 Å². The summed E-state index contributed by atoms with van der Waals surface area (Å²) in [5.41, 5.74) is 3.03. The first kappa shape index (κ1) is 14.3. The first-order chi connectivity index (χ1) is 8.58. The van der Waals surface area contributed by atoms with Gasteiger partial charge in [-0.2, -0.15) is 0 Å². The van der Waals surface area contributed by atoms with Crippen molar-refractivity contribution >= 4 is 11.7 Å². The van der Waals surface area contributed by atoms with Crippen molar-refractivity contribution < 1.29 is 4.79 Å². The van der Waals surface area contributed by atoms with Crippen molar-refractivity contribution in [2.75, 3.05) is 18.4 Å². The molecule has 0 aliphatic carbocycles. The number of benzene rings is 1. The molecule has 0 aliphatic heterocycles. The van der Waals surface area contributed by atoms with Gasteiger partial charge in [-0.25, -0.2) is 4.79 Å². The molecule has 0 saturated heterocycles. The van der Waals surface area contributed by atoms with Crippen molar-refractivity contribution in [2.24, 2.45) is 0 Å².